The van der Waals surface area contributed by atoms with Gasteiger partial charge in [0, 0.05) is 28.6 Å². The second kappa shape index (κ2) is 6.90. The lowest BCUT2D eigenvalue weighted by Crippen LogP contribution is -2.32. The van der Waals surface area contributed by atoms with Crippen molar-refractivity contribution in [3.05, 3.63) is 33.3 Å². The normalized spacial score (nSPS) is 24.2. The SMILES string of the molecule is CCNCC1CCCOC1c1cc(Cl)ccc1Br. The molecule has 1 heterocycles. The highest BCUT2D eigenvalue weighted by molar-refractivity contribution is 9.10. The fourth-order valence-corrected chi connectivity index (χ4v) is 3.11. The standard InChI is InChI=1S/C14H19BrClNO/c1-2-17-9-10-4-3-7-18-14(10)12-8-11(16)5-6-13(12)15/h5-6,8,10,14,17H,2-4,7,9H2,1H3. The molecule has 2 nitrogen and oxygen atoms in total. The van der Waals surface area contributed by atoms with Crippen molar-refractivity contribution in [2.75, 3.05) is 19.7 Å². The van der Waals surface area contributed by atoms with E-state index in [2.05, 4.69) is 28.2 Å². The number of hydrogen-bond acceptors (Lipinski definition) is 2. The number of rotatable bonds is 4. The van der Waals surface area contributed by atoms with Crippen LogP contribution in [-0.4, -0.2) is 19.7 Å². The van der Waals surface area contributed by atoms with Crippen LogP contribution in [0.15, 0.2) is 22.7 Å². The summed E-state index contributed by atoms with van der Waals surface area (Å²) in [5.41, 5.74) is 1.17. The summed E-state index contributed by atoms with van der Waals surface area (Å²) in [6, 6.07) is 5.91. The molecule has 1 aromatic rings. The average molecular weight is 333 g/mol. The Labute approximate surface area is 122 Å². The summed E-state index contributed by atoms with van der Waals surface area (Å²) in [6.07, 6.45) is 2.49. The average Bonchev–Trinajstić information content (AvgIpc) is 2.39. The van der Waals surface area contributed by atoms with E-state index in [9.17, 15) is 0 Å². The number of nitrogens with one attached hydrogen (secondary N) is 1. The van der Waals surface area contributed by atoms with Crippen molar-refractivity contribution >= 4 is 27.5 Å². The van der Waals surface area contributed by atoms with Crippen LogP contribution in [0.4, 0.5) is 0 Å². The molecule has 0 bridgehead atoms. The topological polar surface area (TPSA) is 21.3 Å². The highest BCUT2D eigenvalue weighted by Gasteiger charge is 2.28. The quantitative estimate of drug-likeness (QED) is 0.893. The molecule has 2 rings (SSSR count). The summed E-state index contributed by atoms with van der Waals surface area (Å²) in [5.74, 6) is 0.522. The van der Waals surface area contributed by atoms with Gasteiger partial charge in [0.15, 0.2) is 0 Å². The molecule has 0 saturated carbocycles. The Kier molecular flexibility index (Phi) is 5.49. The second-order valence-corrected chi connectivity index (χ2v) is 5.96. The summed E-state index contributed by atoms with van der Waals surface area (Å²) in [5, 5.41) is 4.19. The van der Waals surface area contributed by atoms with E-state index in [0.717, 1.165) is 35.6 Å². The van der Waals surface area contributed by atoms with Crippen LogP contribution in [0.5, 0.6) is 0 Å². The molecule has 1 saturated heterocycles. The van der Waals surface area contributed by atoms with Crippen molar-refractivity contribution in [3.63, 3.8) is 0 Å². The van der Waals surface area contributed by atoms with E-state index < -0.39 is 0 Å². The van der Waals surface area contributed by atoms with Gasteiger partial charge in [0.2, 0.25) is 0 Å². The largest absolute Gasteiger partial charge is 0.373 e. The van der Waals surface area contributed by atoms with Gasteiger partial charge >= 0.3 is 0 Å². The van der Waals surface area contributed by atoms with Crippen LogP contribution in [0, 0.1) is 5.92 Å². The first-order chi connectivity index (χ1) is 8.72. The van der Waals surface area contributed by atoms with Crippen molar-refractivity contribution in [2.45, 2.75) is 25.9 Å². The van der Waals surface area contributed by atoms with Gasteiger partial charge in [-0.05, 0) is 43.1 Å². The zero-order chi connectivity index (χ0) is 13.0. The van der Waals surface area contributed by atoms with Crippen molar-refractivity contribution in [3.8, 4) is 0 Å². The molecule has 2 unspecified atom stereocenters. The molecule has 100 valence electrons. The molecule has 1 aromatic carbocycles. The van der Waals surface area contributed by atoms with Gasteiger partial charge in [0.1, 0.15) is 0 Å². The van der Waals surface area contributed by atoms with Gasteiger partial charge in [-0.15, -0.1) is 0 Å². The van der Waals surface area contributed by atoms with Crippen molar-refractivity contribution in [1.29, 1.82) is 0 Å². The molecule has 0 aliphatic carbocycles. The maximum Gasteiger partial charge on any atom is 0.0876 e. The maximum atomic E-state index is 6.10. The molecular weight excluding hydrogens is 314 g/mol. The molecule has 1 N–H and O–H groups in total. The van der Waals surface area contributed by atoms with Gasteiger partial charge < -0.3 is 10.1 Å². The van der Waals surface area contributed by atoms with E-state index in [1.807, 2.05) is 18.2 Å². The monoisotopic (exact) mass is 331 g/mol. The van der Waals surface area contributed by atoms with Gasteiger partial charge in [-0.1, -0.05) is 34.5 Å². The van der Waals surface area contributed by atoms with E-state index >= 15 is 0 Å². The third-order valence-electron chi connectivity index (χ3n) is 3.37. The Morgan fingerprint density at radius 3 is 3.11 bits per heavy atom. The van der Waals surface area contributed by atoms with Gasteiger partial charge in [0.25, 0.3) is 0 Å². The third kappa shape index (κ3) is 3.47. The van der Waals surface area contributed by atoms with Gasteiger partial charge in [-0.2, -0.15) is 0 Å². The molecule has 1 aliphatic heterocycles. The number of ether oxygens (including phenoxy) is 1. The van der Waals surface area contributed by atoms with E-state index in [1.54, 1.807) is 0 Å². The zero-order valence-corrected chi connectivity index (χ0v) is 12.9. The number of halogens is 2. The third-order valence-corrected chi connectivity index (χ3v) is 4.32. The Balaban J connectivity index is 2.19. The molecule has 1 fully saturated rings. The number of benzene rings is 1. The van der Waals surface area contributed by atoms with Crippen molar-refractivity contribution < 1.29 is 4.74 Å². The van der Waals surface area contributed by atoms with E-state index in [0.29, 0.717) is 5.92 Å². The van der Waals surface area contributed by atoms with Crippen LogP contribution in [0.25, 0.3) is 0 Å². The van der Waals surface area contributed by atoms with E-state index in [4.69, 9.17) is 16.3 Å². The lowest BCUT2D eigenvalue weighted by atomic mass is 9.89. The fourth-order valence-electron chi connectivity index (χ4n) is 2.46. The lowest BCUT2D eigenvalue weighted by Gasteiger charge is -2.33. The summed E-state index contributed by atoms with van der Waals surface area (Å²) in [4.78, 5) is 0. The molecular formula is C14H19BrClNO. The second-order valence-electron chi connectivity index (χ2n) is 4.67. The molecule has 4 heteroatoms. The first kappa shape index (κ1) is 14.3. The molecule has 0 amide bonds. The molecule has 1 aliphatic rings. The van der Waals surface area contributed by atoms with Crippen molar-refractivity contribution in [1.82, 2.24) is 5.32 Å². The summed E-state index contributed by atoms with van der Waals surface area (Å²) < 4.78 is 7.06. The Morgan fingerprint density at radius 2 is 2.33 bits per heavy atom. The lowest BCUT2D eigenvalue weighted by molar-refractivity contribution is -0.0280. The maximum absolute atomic E-state index is 6.10. The highest BCUT2D eigenvalue weighted by Crippen LogP contribution is 2.37. The predicted molar refractivity (Wildman–Crippen MR) is 79.1 cm³/mol. The molecule has 0 aromatic heterocycles. The van der Waals surface area contributed by atoms with Crippen LogP contribution in [0.1, 0.15) is 31.4 Å². The minimum atomic E-state index is 0.144. The molecule has 0 spiro atoms. The van der Waals surface area contributed by atoms with Crippen LogP contribution in [0.2, 0.25) is 5.02 Å². The first-order valence-electron chi connectivity index (χ1n) is 6.49. The first-order valence-corrected chi connectivity index (χ1v) is 7.66. The Hall–Kier alpha value is -0.0900. The highest BCUT2D eigenvalue weighted by atomic mass is 79.9. The summed E-state index contributed by atoms with van der Waals surface area (Å²) in [6.45, 7) is 4.97. The van der Waals surface area contributed by atoms with Crippen LogP contribution >= 0.6 is 27.5 Å². The summed E-state index contributed by atoms with van der Waals surface area (Å²) in [7, 11) is 0. The van der Waals surface area contributed by atoms with Crippen LogP contribution in [0.3, 0.4) is 0 Å². The molecule has 18 heavy (non-hydrogen) atoms. The predicted octanol–water partition coefficient (Wildman–Crippen LogP) is 4.18. The van der Waals surface area contributed by atoms with Gasteiger partial charge in [-0.25, -0.2) is 0 Å². The fraction of sp³-hybridized carbons (Fsp3) is 0.571. The summed E-state index contributed by atoms with van der Waals surface area (Å²) >= 11 is 9.70. The Bertz CT molecular complexity index is 399. The Morgan fingerprint density at radius 1 is 1.50 bits per heavy atom. The molecule has 2 atom stereocenters. The molecule has 0 radical (unpaired) electrons. The van der Waals surface area contributed by atoms with Crippen LogP contribution < -0.4 is 5.32 Å². The number of hydrogen-bond donors (Lipinski definition) is 1. The van der Waals surface area contributed by atoms with E-state index in [1.165, 1.54) is 12.0 Å². The minimum absolute atomic E-state index is 0.144. The van der Waals surface area contributed by atoms with Gasteiger partial charge in [0.05, 0.1) is 6.10 Å². The van der Waals surface area contributed by atoms with Gasteiger partial charge in [-0.3, -0.25) is 0 Å². The van der Waals surface area contributed by atoms with E-state index in [-0.39, 0.29) is 6.10 Å². The smallest absolute Gasteiger partial charge is 0.0876 e. The van der Waals surface area contributed by atoms with Crippen molar-refractivity contribution in [2.24, 2.45) is 5.92 Å². The minimum Gasteiger partial charge on any atom is -0.373 e. The zero-order valence-electron chi connectivity index (χ0n) is 10.6. The van der Waals surface area contributed by atoms with Crippen LogP contribution in [-0.2, 0) is 4.74 Å².